The van der Waals surface area contributed by atoms with Crippen molar-refractivity contribution in [1.29, 1.82) is 0 Å². The van der Waals surface area contributed by atoms with Crippen molar-refractivity contribution in [3.05, 3.63) is 35.6 Å². The van der Waals surface area contributed by atoms with Gasteiger partial charge in [-0.15, -0.1) is 4.90 Å². The molecule has 0 radical (unpaired) electrons. The van der Waals surface area contributed by atoms with Crippen molar-refractivity contribution < 1.29 is 46.1 Å². The minimum atomic E-state index is -4.78. The number of ether oxygens (including phenoxy) is 3. The molecule has 48 heavy (non-hydrogen) atoms. The highest BCUT2D eigenvalue weighted by Crippen LogP contribution is 2.44. The molecule has 1 N–H and O–H groups in total. The van der Waals surface area contributed by atoms with E-state index >= 15 is 4.39 Å². The average molecular weight is 718 g/mol. The number of nitrogens with zero attached hydrogens (tertiary/aromatic N) is 3. The molecule has 1 heterocycles. The first-order chi connectivity index (χ1) is 21.7. The van der Waals surface area contributed by atoms with Crippen LogP contribution in [0.5, 0.6) is 0 Å². The van der Waals surface area contributed by atoms with Gasteiger partial charge in [0.2, 0.25) is 16.0 Å². The van der Waals surface area contributed by atoms with Gasteiger partial charge in [-0.1, -0.05) is 52.3 Å². The summed E-state index contributed by atoms with van der Waals surface area (Å²) in [6.45, 7) is 20.5. The lowest BCUT2D eigenvalue weighted by Gasteiger charge is -2.47. The van der Waals surface area contributed by atoms with Crippen LogP contribution < -0.4 is 0 Å². The highest BCUT2D eigenvalue weighted by molar-refractivity contribution is 7.90. The summed E-state index contributed by atoms with van der Waals surface area (Å²) >= 11 is 0. The zero-order chi connectivity index (χ0) is 37.1. The second kappa shape index (κ2) is 15.1. The minimum absolute atomic E-state index is 0.165. The summed E-state index contributed by atoms with van der Waals surface area (Å²) in [6.07, 6.45) is -2.94. The number of guanidine groups is 1. The van der Waals surface area contributed by atoms with Gasteiger partial charge in [0.05, 0.1) is 19.3 Å². The number of carbonyl (C=O) groups excluding carboxylic acids is 2. The predicted molar refractivity (Wildman–Crippen MR) is 185 cm³/mol. The van der Waals surface area contributed by atoms with Crippen LogP contribution in [0, 0.1) is 5.82 Å². The number of aliphatic imine (C=N–C) groups is 1. The molecule has 1 aliphatic heterocycles. The van der Waals surface area contributed by atoms with Gasteiger partial charge in [0, 0.05) is 19.2 Å². The van der Waals surface area contributed by atoms with Crippen LogP contribution in [0.4, 0.5) is 14.0 Å². The Morgan fingerprint density at radius 1 is 1.04 bits per heavy atom. The zero-order valence-electron chi connectivity index (χ0n) is 30.8. The van der Waals surface area contributed by atoms with Gasteiger partial charge in [-0.2, -0.15) is 0 Å². The van der Waals surface area contributed by atoms with Crippen LogP contribution in [0.1, 0.15) is 87.6 Å². The van der Waals surface area contributed by atoms with Crippen molar-refractivity contribution in [3.63, 3.8) is 0 Å². The monoisotopic (exact) mass is 717 g/mol. The molecule has 274 valence electrons. The Kier molecular flexibility index (Phi) is 13.1. The van der Waals surface area contributed by atoms with Crippen LogP contribution in [-0.2, 0) is 34.2 Å². The van der Waals surface area contributed by atoms with Crippen molar-refractivity contribution >= 4 is 36.5 Å². The summed E-state index contributed by atoms with van der Waals surface area (Å²) in [4.78, 5) is 32.5. The summed E-state index contributed by atoms with van der Waals surface area (Å²) in [5.41, 5.74) is -4.66. The van der Waals surface area contributed by atoms with Crippen molar-refractivity contribution in [1.82, 2.24) is 9.21 Å². The van der Waals surface area contributed by atoms with Crippen molar-refractivity contribution in [2.45, 2.75) is 128 Å². The first-order valence-electron chi connectivity index (χ1n) is 16.2. The highest BCUT2D eigenvalue weighted by atomic mass is 32.2. The Morgan fingerprint density at radius 3 is 2.02 bits per heavy atom. The molecule has 1 aromatic carbocycles. The third kappa shape index (κ3) is 9.77. The van der Waals surface area contributed by atoms with E-state index < -0.39 is 83.6 Å². The van der Waals surface area contributed by atoms with Gasteiger partial charge in [0.25, 0.3) is 0 Å². The van der Waals surface area contributed by atoms with Crippen LogP contribution in [0.3, 0.4) is 0 Å². The van der Waals surface area contributed by atoms with E-state index in [1.165, 1.54) is 18.2 Å². The van der Waals surface area contributed by atoms with Gasteiger partial charge in [-0.25, -0.2) is 31.7 Å². The molecule has 12 nitrogen and oxygen atoms in total. The Hall–Kier alpha value is -2.59. The number of rotatable bonds is 10. The summed E-state index contributed by atoms with van der Waals surface area (Å²) in [5, 5.41) is 9.70. The van der Waals surface area contributed by atoms with E-state index in [9.17, 15) is 23.1 Å². The fourth-order valence-corrected chi connectivity index (χ4v) is 7.62. The Labute approximate surface area is 287 Å². The molecule has 1 aromatic rings. The van der Waals surface area contributed by atoms with Crippen LogP contribution in [-0.4, -0.2) is 98.6 Å². The molecule has 0 fully saturated rings. The second-order valence-electron chi connectivity index (χ2n) is 15.6. The summed E-state index contributed by atoms with van der Waals surface area (Å²) in [5.74, 6) is -1.54. The molecule has 0 aliphatic carbocycles. The molecule has 0 bridgehead atoms. The first kappa shape index (κ1) is 41.6. The zero-order valence-corrected chi connectivity index (χ0v) is 32.7. The molecule has 0 aromatic heterocycles. The normalized spacial score (nSPS) is 20.9. The van der Waals surface area contributed by atoms with E-state index in [0.29, 0.717) is 15.6 Å². The molecule has 3 atom stereocenters. The highest BCUT2D eigenvalue weighted by Gasteiger charge is 2.60. The molecule has 1 aliphatic rings. The number of imide groups is 1. The molecular weight excluding hydrogens is 662 g/mol. The van der Waals surface area contributed by atoms with E-state index in [1.807, 2.05) is 40.8 Å². The lowest BCUT2D eigenvalue weighted by Crippen LogP contribution is -2.66. The van der Waals surface area contributed by atoms with E-state index in [4.69, 9.17) is 23.6 Å². The van der Waals surface area contributed by atoms with Crippen molar-refractivity contribution in [3.8, 4) is 0 Å². The number of aliphatic hydroxyl groups excluding tert-OH is 1. The number of unbranched alkanes of at least 4 members (excludes halogenated alkanes) is 1. The number of aliphatic hydroxyl groups is 1. The van der Waals surface area contributed by atoms with Gasteiger partial charge >= 0.3 is 12.2 Å². The third-order valence-electron chi connectivity index (χ3n) is 8.18. The largest absolute Gasteiger partial charge is 0.443 e. The lowest BCUT2D eigenvalue weighted by molar-refractivity contribution is 0.0110. The Morgan fingerprint density at radius 2 is 1.56 bits per heavy atom. The smallest absolute Gasteiger partial charge is 0.427 e. The topological polar surface area (TPSA) is 144 Å². The minimum Gasteiger partial charge on any atom is -0.443 e. The maximum Gasteiger partial charge on any atom is 0.427 e. The van der Waals surface area contributed by atoms with Gasteiger partial charge in [0.15, 0.2) is 8.32 Å². The summed E-state index contributed by atoms with van der Waals surface area (Å²) < 4.78 is 69.3. The Bertz CT molecular complexity index is 1410. The van der Waals surface area contributed by atoms with Crippen LogP contribution >= 0.6 is 0 Å². The standard InChI is InChI=1S/C33H56FN3O9SSi/c1-14-15-20-43-22-33(23-18-16-17-19-24(23)34)26(25(38)21-44-48(12,13)32(8,9)10)47(41,42)36(11)27(35-33)37(28(39)45-30(2,3)4)29(40)46-31(5,6)7/h16-19,25-26,38H,14-15,20-22H2,1-13H3. The first-order valence-corrected chi connectivity index (χ1v) is 20.6. The number of sulfonamides is 1. The molecule has 0 spiro atoms. The number of halogens is 1. The molecule has 3 unspecified atom stereocenters. The molecule has 0 saturated heterocycles. The van der Waals surface area contributed by atoms with E-state index in [0.717, 1.165) is 19.5 Å². The van der Waals surface area contributed by atoms with Crippen LogP contribution in [0.25, 0.3) is 0 Å². The van der Waals surface area contributed by atoms with Crippen LogP contribution in [0.2, 0.25) is 18.1 Å². The molecule has 15 heteroatoms. The van der Waals surface area contributed by atoms with E-state index in [-0.39, 0.29) is 17.2 Å². The molecule has 2 amide bonds. The van der Waals surface area contributed by atoms with Crippen LogP contribution in [0.15, 0.2) is 29.3 Å². The van der Waals surface area contributed by atoms with Gasteiger partial charge < -0.3 is 23.7 Å². The number of hydrogen-bond donors (Lipinski definition) is 1. The van der Waals surface area contributed by atoms with E-state index in [1.54, 1.807) is 41.5 Å². The van der Waals surface area contributed by atoms with Crippen molar-refractivity contribution in [2.24, 2.45) is 4.99 Å². The fraction of sp³-hybridized carbons (Fsp3) is 0.727. The van der Waals surface area contributed by atoms with E-state index in [2.05, 4.69) is 0 Å². The third-order valence-corrected chi connectivity index (χ3v) is 15.0. The maximum atomic E-state index is 16.0. The number of hydrogen-bond acceptors (Lipinski definition) is 10. The SMILES string of the molecule is CCCCOCC1(c2ccccc2F)N=C(N(C(=O)OC(C)(C)C)C(=O)OC(C)(C)C)N(C)S(=O)(=O)C1C(O)CO[Si](C)(C)C(C)(C)C. The fourth-order valence-electron chi connectivity index (χ4n) is 4.69. The van der Waals surface area contributed by atoms with Crippen molar-refractivity contribution in [2.75, 3.05) is 26.9 Å². The Balaban J connectivity index is 3.02. The molecule has 2 rings (SSSR count). The van der Waals surface area contributed by atoms with Gasteiger partial charge in [-0.05, 0) is 72.2 Å². The number of amides is 2. The number of benzene rings is 1. The van der Waals surface area contributed by atoms with Gasteiger partial charge in [0.1, 0.15) is 27.8 Å². The summed E-state index contributed by atoms with van der Waals surface area (Å²) in [7, 11) is -6.21. The maximum absolute atomic E-state index is 16.0. The molecular formula is C33H56FN3O9SSi. The second-order valence-corrected chi connectivity index (χ2v) is 22.5. The predicted octanol–water partition coefficient (Wildman–Crippen LogP) is 6.39. The number of carbonyl (C=O) groups is 2. The molecule has 0 saturated carbocycles. The van der Waals surface area contributed by atoms with Gasteiger partial charge in [-0.3, -0.25) is 0 Å². The lowest BCUT2D eigenvalue weighted by atomic mass is 9.84. The summed E-state index contributed by atoms with van der Waals surface area (Å²) in [6, 6.07) is 5.41. The average Bonchev–Trinajstić information content (AvgIpc) is 2.90. The quantitative estimate of drug-likeness (QED) is 0.215.